The van der Waals surface area contributed by atoms with Crippen LogP contribution in [0.15, 0.2) is 60.7 Å². The number of amides is 3. The number of fused-ring (bicyclic) bond motifs is 1. The fourth-order valence-corrected chi connectivity index (χ4v) is 6.30. The van der Waals surface area contributed by atoms with Crippen LogP contribution in [0.1, 0.15) is 32.3 Å². The third kappa shape index (κ3) is 3.98. The van der Waals surface area contributed by atoms with Crippen molar-refractivity contribution in [2.75, 3.05) is 11.9 Å². The summed E-state index contributed by atoms with van der Waals surface area (Å²) in [6.45, 7) is 3.86. The lowest BCUT2D eigenvalue weighted by Gasteiger charge is -2.38. The molecule has 0 aliphatic carbocycles. The van der Waals surface area contributed by atoms with Crippen molar-refractivity contribution >= 4 is 23.4 Å². The van der Waals surface area contributed by atoms with Crippen LogP contribution in [-0.4, -0.2) is 58.1 Å². The van der Waals surface area contributed by atoms with Crippen molar-refractivity contribution in [2.45, 2.75) is 57.0 Å². The number of nitrogens with one attached hydrogen (secondary N) is 2. The number of nitrogens with zero attached hydrogens (tertiary/aromatic N) is 1. The first-order valence-electron chi connectivity index (χ1n) is 12.7. The quantitative estimate of drug-likeness (QED) is 0.525. The van der Waals surface area contributed by atoms with Gasteiger partial charge in [-0.05, 0) is 36.5 Å². The molecule has 0 saturated carbocycles. The van der Waals surface area contributed by atoms with Crippen molar-refractivity contribution in [1.29, 1.82) is 0 Å². The highest BCUT2D eigenvalue weighted by Crippen LogP contribution is 2.59. The molecule has 3 heterocycles. The van der Waals surface area contributed by atoms with Gasteiger partial charge in [-0.3, -0.25) is 14.4 Å². The molecule has 8 nitrogen and oxygen atoms in total. The monoisotopic (exact) mass is 491 g/mol. The van der Waals surface area contributed by atoms with E-state index in [0.29, 0.717) is 25.1 Å². The third-order valence-corrected chi connectivity index (χ3v) is 7.95. The zero-order valence-electron chi connectivity index (χ0n) is 20.6. The average molecular weight is 492 g/mol. The molecule has 2 aromatic rings. The summed E-state index contributed by atoms with van der Waals surface area (Å²) < 4.78 is 6.45. The molecule has 3 saturated heterocycles. The van der Waals surface area contributed by atoms with E-state index in [1.807, 2.05) is 62.4 Å². The Hall–Kier alpha value is -3.23. The van der Waals surface area contributed by atoms with Crippen LogP contribution in [-0.2, 0) is 25.7 Å². The van der Waals surface area contributed by atoms with Crippen LogP contribution < -0.4 is 10.6 Å². The minimum absolute atomic E-state index is 0.0904. The summed E-state index contributed by atoms with van der Waals surface area (Å²) in [5.74, 6) is -2.46. The predicted molar refractivity (Wildman–Crippen MR) is 134 cm³/mol. The van der Waals surface area contributed by atoms with Gasteiger partial charge in [0.05, 0.1) is 30.6 Å². The van der Waals surface area contributed by atoms with E-state index in [4.69, 9.17) is 4.74 Å². The van der Waals surface area contributed by atoms with Crippen LogP contribution in [0.3, 0.4) is 0 Å². The summed E-state index contributed by atoms with van der Waals surface area (Å²) in [6, 6.07) is 17.2. The van der Waals surface area contributed by atoms with Gasteiger partial charge in [0.25, 0.3) is 0 Å². The fourth-order valence-electron chi connectivity index (χ4n) is 6.30. The summed E-state index contributed by atoms with van der Waals surface area (Å²) in [7, 11) is 0. The second kappa shape index (κ2) is 9.67. The predicted octanol–water partition coefficient (Wildman–Crippen LogP) is 2.33. The van der Waals surface area contributed by atoms with E-state index in [1.165, 1.54) is 4.90 Å². The van der Waals surface area contributed by atoms with Gasteiger partial charge in [0.1, 0.15) is 11.6 Å². The maximum absolute atomic E-state index is 14.0. The second-order valence-electron chi connectivity index (χ2n) is 10.4. The maximum Gasteiger partial charge on any atom is 0.246 e. The molecule has 6 atom stereocenters. The number of ether oxygens (including phenoxy) is 1. The van der Waals surface area contributed by atoms with E-state index < -0.39 is 35.6 Å². The van der Waals surface area contributed by atoms with Gasteiger partial charge in [-0.25, -0.2) is 0 Å². The number of aliphatic hydroxyl groups is 1. The molecule has 0 aromatic heterocycles. The number of carbonyl (C=O) groups is 3. The van der Waals surface area contributed by atoms with Gasteiger partial charge in [0, 0.05) is 12.2 Å². The molecule has 3 N–H and O–H groups in total. The van der Waals surface area contributed by atoms with Crippen LogP contribution in [0.25, 0.3) is 0 Å². The number of rotatable bonds is 8. The van der Waals surface area contributed by atoms with E-state index in [1.54, 1.807) is 12.1 Å². The number of aliphatic hydroxyl groups excluding tert-OH is 1. The first kappa shape index (κ1) is 24.5. The molecule has 5 rings (SSSR count). The lowest BCUT2D eigenvalue weighted by molar-refractivity contribution is -0.146. The Bertz CT molecular complexity index is 1120. The third-order valence-electron chi connectivity index (χ3n) is 7.95. The van der Waals surface area contributed by atoms with Gasteiger partial charge in [-0.1, -0.05) is 62.4 Å². The fraction of sp³-hybridized carbons (Fsp3) is 0.464. The number of carbonyl (C=O) groups excluding carboxylic acids is 3. The molecule has 190 valence electrons. The largest absolute Gasteiger partial charge is 0.394 e. The molecule has 8 heteroatoms. The number of likely N-dealkylation sites (tertiary alicyclic amines) is 1. The van der Waals surface area contributed by atoms with Gasteiger partial charge >= 0.3 is 0 Å². The molecule has 36 heavy (non-hydrogen) atoms. The second-order valence-corrected chi connectivity index (χ2v) is 10.4. The molecular formula is C28H33N3O5. The van der Waals surface area contributed by atoms with Crippen LogP contribution in [0.5, 0.6) is 0 Å². The van der Waals surface area contributed by atoms with Crippen molar-refractivity contribution in [2.24, 2.45) is 17.8 Å². The van der Waals surface area contributed by atoms with Crippen molar-refractivity contribution in [3.8, 4) is 0 Å². The summed E-state index contributed by atoms with van der Waals surface area (Å²) >= 11 is 0. The van der Waals surface area contributed by atoms with Crippen molar-refractivity contribution in [1.82, 2.24) is 10.2 Å². The summed E-state index contributed by atoms with van der Waals surface area (Å²) in [5, 5.41) is 16.2. The van der Waals surface area contributed by atoms with Gasteiger partial charge in [-0.2, -0.15) is 0 Å². The Morgan fingerprint density at radius 1 is 1.08 bits per heavy atom. The van der Waals surface area contributed by atoms with E-state index in [-0.39, 0.29) is 30.2 Å². The lowest BCUT2D eigenvalue weighted by atomic mass is 9.70. The zero-order chi connectivity index (χ0) is 25.4. The molecule has 3 fully saturated rings. The smallest absolute Gasteiger partial charge is 0.246 e. The average Bonchev–Trinajstić information content (AvgIpc) is 3.52. The van der Waals surface area contributed by atoms with E-state index >= 15 is 0 Å². The van der Waals surface area contributed by atoms with E-state index in [0.717, 1.165) is 5.56 Å². The molecule has 3 amide bonds. The molecule has 1 spiro atoms. The molecule has 3 aliphatic rings. The van der Waals surface area contributed by atoms with Gasteiger partial charge in [0.15, 0.2) is 0 Å². The van der Waals surface area contributed by atoms with Gasteiger partial charge in [-0.15, -0.1) is 0 Å². The highest BCUT2D eigenvalue weighted by molar-refractivity contribution is 6.02. The van der Waals surface area contributed by atoms with Crippen molar-refractivity contribution in [3.05, 3.63) is 66.2 Å². The molecule has 2 unspecified atom stereocenters. The van der Waals surface area contributed by atoms with Crippen LogP contribution >= 0.6 is 0 Å². The molecule has 2 aromatic carbocycles. The Labute approximate surface area is 211 Å². The van der Waals surface area contributed by atoms with Crippen LogP contribution in [0.4, 0.5) is 5.69 Å². The van der Waals surface area contributed by atoms with Gasteiger partial charge < -0.3 is 25.4 Å². The summed E-state index contributed by atoms with van der Waals surface area (Å²) in [6.07, 6.45) is 0.679. The zero-order valence-corrected chi connectivity index (χ0v) is 20.6. The van der Waals surface area contributed by atoms with E-state index in [2.05, 4.69) is 10.6 Å². The van der Waals surface area contributed by atoms with Crippen LogP contribution in [0, 0.1) is 17.8 Å². The molecular weight excluding hydrogens is 458 g/mol. The highest BCUT2D eigenvalue weighted by Gasteiger charge is 2.75. The minimum atomic E-state index is -1.09. The molecule has 0 radical (unpaired) electrons. The number of hydrogen-bond donors (Lipinski definition) is 3. The Balaban J connectivity index is 1.47. The van der Waals surface area contributed by atoms with Crippen LogP contribution in [0.2, 0.25) is 0 Å². The number of para-hydroxylation sites is 1. The standard InChI is InChI=1S/C28H33N3O5/c1-17(2)20(16-32)31-24(26(34)29-15-18-9-5-3-6-10-18)28-14-13-21(36-28)22(23(28)27(31)35)25(33)30-19-11-7-4-8-12-19/h3-12,17,20-24,32H,13-16H2,1-2H3,(H,29,34)(H,30,33)/t20-,21+,22-,23-,24?,28?/m0/s1. The van der Waals surface area contributed by atoms with Crippen molar-refractivity contribution in [3.63, 3.8) is 0 Å². The lowest BCUT2D eigenvalue weighted by Crippen LogP contribution is -2.58. The summed E-state index contributed by atoms with van der Waals surface area (Å²) in [5.41, 5.74) is 0.494. The Morgan fingerprint density at radius 2 is 1.75 bits per heavy atom. The Kier molecular flexibility index (Phi) is 6.57. The molecule has 2 bridgehead atoms. The number of benzene rings is 2. The highest BCUT2D eigenvalue weighted by atomic mass is 16.5. The first-order chi connectivity index (χ1) is 17.4. The summed E-state index contributed by atoms with van der Waals surface area (Å²) in [4.78, 5) is 42.7. The maximum atomic E-state index is 14.0. The van der Waals surface area contributed by atoms with Crippen molar-refractivity contribution < 1.29 is 24.2 Å². The topological polar surface area (TPSA) is 108 Å². The van der Waals surface area contributed by atoms with E-state index in [9.17, 15) is 19.5 Å². The minimum Gasteiger partial charge on any atom is -0.394 e. The van der Waals surface area contributed by atoms with Gasteiger partial charge in [0.2, 0.25) is 17.7 Å². The number of anilines is 1. The Morgan fingerprint density at radius 3 is 2.39 bits per heavy atom. The molecule has 3 aliphatic heterocycles. The first-order valence-corrected chi connectivity index (χ1v) is 12.7. The number of hydrogen-bond acceptors (Lipinski definition) is 5. The SMILES string of the molecule is CC(C)[C@H](CO)N1C(=O)[C@@H]2[C@@H](C(=O)Nc3ccccc3)[C@H]3CCC2(O3)C1C(=O)NCc1ccccc1. The normalized spacial score (nSPS) is 29.3.